The van der Waals surface area contributed by atoms with Gasteiger partial charge in [0.2, 0.25) is 0 Å². The minimum absolute atomic E-state index is 0.187. The number of hydrogen-bond donors (Lipinski definition) is 0. The Bertz CT molecular complexity index is 838. The highest BCUT2D eigenvalue weighted by atomic mass is 32.2. The van der Waals surface area contributed by atoms with Gasteiger partial charge in [0, 0.05) is 24.1 Å². The van der Waals surface area contributed by atoms with Crippen LogP contribution in [-0.4, -0.2) is 19.7 Å². The van der Waals surface area contributed by atoms with E-state index in [1.807, 2.05) is 30.4 Å². The van der Waals surface area contributed by atoms with Crippen molar-refractivity contribution in [2.24, 2.45) is 0 Å². The SMILES string of the molecule is CS(=O)(=O)c1ccc(OC2=CC(c3ccccn3)CC=C2)cc1. The van der Waals surface area contributed by atoms with Gasteiger partial charge in [0.25, 0.3) is 0 Å². The number of allylic oxidation sites excluding steroid dienone is 3. The summed E-state index contributed by atoms with van der Waals surface area (Å²) in [6.45, 7) is 0. The van der Waals surface area contributed by atoms with E-state index >= 15 is 0 Å². The Balaban J connectivity index is 1.77. The summed E-state index contributed by atoms with van der Waals surface area (Å²) >= 11 is 0. The summed E-state index contributed by atoms with van der Waals surface area (Å²) in [6, 6.07) is 12.3. The summed E-state index contributed by atoms with van der Waals surface area (Å²) in [5.74, 6) is 1.53. The van der Waals surface area contributed by atoms with Gasteiger partial charge in [0.1, 0.15) is 11.5 Å². The number of sulfone groups is 1. The molecule has 0 saturated carbocycles. The van der Waals surface area contributed by atoms with Crippen molar-refractivity contribution in [3.63, 3.8) is 0 Å². The zero-order chi connectivity index (χ0) is 16.3. The molecule has 1 unspecified atom stereocenters. The highest BCUT2D eigenvalue weighted by molar-refractivity contribution is 7.90. The van der Waals surface area contributed by atoms with Gasteiger partial charge in [-0.2, -0.15) is 0 Å². The van der Waals surface area contributed by atoms with Crippen molar-refractivity contribution < 1.29 is 13.2 Å². The van der Waals surface area contributed by atoms with E-state index in [9.17, 15) is 8.42 Å². The van der Waals surface area contributed by atoms with E-state index in [-0.39, 0.29) is 10.8 Å². The lowest BCUT2D eigenvalue weighted by atomic mass is 9.96. The van der Waals surface area contributed by atoms with Gasteiger partial charge in [-0.15, -0.1) is 0 Å². The van der Waals surface area contributed by atoms with Crippen molar-refractivity contribution in [3.05, 3.63) is 78.3 Å². The molecular formula is C18H17NO3S. The van der Waals surface area contributed by atoms with E-state index in [0.717, 1.165) is 17.9 Å². The molecule has 1 aliphatic rings. The summed E-state index contributed by atoms with van der Waals surface area (Å²) in [5.41, 5.74) is 1.00. The quantitative estimate of drug-likeness (QED) is 0.862. The van der Waals surface area contributed by atoms with Crippen molar-refractivity contribution in [2.75, 3.05) is 6.26 Å². The van der Waals surface area contributed by atoms with E-state index in [1.165, 1.54) is 6.26 Å². The number of ether oxygens (including phenoxy) is 1. The zero-order valence-electron chi connectivity index (χ0n) is 12.7. The van der Waals surface area contributed by atoms with Gasteiger partial charge in [-0.3, -0.25) is 4.98 Å². The van der Waals surface area contributed by atoms with Crippen molar-refractivity contribution in [1.82, 2.24) is 4.98 Å². The molecule has 0 radical (unpaired) electrons. The number of benzene rings is 1. The minimum Gasteiger partial charge on any atom is -0.458 e. The van der Waals surface area contributed by atoms with Crippen LogP contribution in [0.15, 0.2) is 77.5 Å². The molecule has 1 heterocycles. The summed E-state index contributed by atoms with van der Waals surface area (Å²) in [4.78, 5) is 4.66. The molecule has 1 aromatic carbocycles. The smallest absolute Gasteiger partial charge is 0.175 e. The van der Waals surface area contributed by atoms with Crippen LogP contribution >= 0.6 is 0 Å². The van der Waals surface area contributed by atoms with Gasteiger partial charge in [-0.05, 0) is 55.0 Å². The molecule has 118 valence electrons. The Morgan fingerprint density at radius 1 is 1.13 bits per heavy atom. The van der Waals surface area contributed by atoms with Crippen LogP contribution in [0.3, 0.4) is 0 Å². The molecule has 1 atom stereocenters. The fraction of sp³-hybridized carbons (Fsp3) is 0.167. The van der Waals surface area contributed by atoms with E-state index in [0.29, 0.717) is 5.75 Å². The molecule has 23 heavy (non-hydrogen) atoms. The van der Waals surface area contributed by atoms with Gasteiger partial charge in [-0.1, -0.05) is 12.1 Å². The van der Waals surface area contributed by atoms with Crippen LogP contribution in [0.1, 0.15) is 18.0 Å². The molecule has 5 heteroatoms. The van der Waals surface area contributed by atoms with Gasteiger partial charge in [0.05, 0.1) is 4.90 Å². The lowest BCUT2D eigenvalue weighted by Crippen LogP contribution is -2.04. The normalized spacial score (nSPS) is 17.6. The topological polar surface area (TPSA) is 56.3 Å². The van der Waals surface area contributed by atoms with Crippen molar-refractivity contribution in [1.29, 1.82) is 0 Å². The van der Waals surface area contributed by atoms with Crippen LogP contribution in [0.4, 0.5) is 0 Å². The Morgan fingerprint density at radius 3 is 2.57 bits per heavy atom. The highest BCUT2D eigenvalue weighted by Crippen LogP contribution is 2.27. The maximum absolute atomic E-state index is 11.5. The molecule has 0 amide bonds. The molecular weight excluding hydrogens is 310 g/mol. The predicted octanol–water partition coefficient (Wildman–Crippen LogP) is 3.49. The monoisotopic (exact) mass is 327 g/mol. The first-order valence-corrected chi connectivity index (χ1v) is 9.19. The van der Waals surface area contributed by atoms with Gasteiger partial charge < -0.3 is 4.74 Å². The molecule has 1 aromatic heterocycles. The fourth-order valence-electron chi connectivity index (χ4n) is 2.41. The number of rotatable bonds is 4. The van der Waals surface area contributed by atoms with Crippen LogP contribution in [0.2, 0.25) is 0 Å². The Morgan fingerprint density at radius 2 is 1.91 bits per heavy atom. The van der Waals surface area contributed by atoms with Crippen LogP contribution in [-0.2, 0) is 9.84 Å². The molecule has 4 nitrogen and oxygen atoms in total. The van der Waals surface area contributed by atoms with Gasteiger partial charge in [0.15, 0.2) is 9.84 Å². The molecule has 3 rings (SSSR count). The molecule has 0 saturated heterocycles. The third-order valence-corrected chi connectivity index (χ3v) is 4.72. The second kappa shape index (κ2) is 6.38. The van der Waals surface area contributed by atoms with Crippen LogP contribution < -0.4 is 4.74 Å². The maximum atomic E-state index is 11.5. The number of pyridine rings is 1. The van der Waals surface area contributed by atoms with Crippen LogP contribution in [0, 0.1) is 0 Å². The van der Waals surface area contributed by atoms with Gasteiger partial charge in [-0.25, -0.2) is 8.42 Å². The van der Waals surface area contributed by atoms with Crippen molar-refractivity contribution in [2.45, 2.75) is 17.2 Å². The largest absolute Gasteiger partial charge is 0.458 e. The molecule has 0 aliphatic heterocycles. The number of hydrogen-bond acceptors (Lipinski definition) is 4. The Hall–Kier alpha value is -2.40. The molecule has 0 spiro atoms. The summed E-state index contributed by atoms with van der Waals surface area (Å²) in [5, 5.41) is 0. The average molecular weight is 327 g/mol. The van der Waals surface area contributed by atoms with Gasteiger partial charge >= 0.3 is 0 Å². The first kappa shape index (κ1) is 15.5. The standard InChI is InChI=1S/C18H17NO3S/c1-23(20,21)17-10-8-15(9-11-17)22-16-6-4-5-14(13-16)18-7-2-3-12-19-18/h2-4,6-14H,5H2,1H3. The lowest BCUT2D eigenvalue weighted by molar-refractivity contribution is 0.435. The van der Waals surface area contributed by atoms with Crippen molar-refractivity contribution >= 4 is 9.84 Å². The van der Waals surface area contributed by atoms with Crippen molar-refractivity contribution in [3.8, 4) is 5.75 Å². The molecule has 0 fully saturated rings. The first-order valence-electron chi connectivity index (χ1n) is 7.29. The van der Waals surface area contributed by atoms with E-state index in [2.05, 4.69) is 11.1 Å². The van der Waals surface area contributed by atoms with Crippen LogP contribution in [0.25, 0.3) is 0 Å². The lowest BCUT2D eigenvalue weighted by Gasteiger charge is -2.16. The Kier molecular flexibility index (Phi) is 4.30. The zero-order valence-corrected chi connectivity index (χ0v) is 13.5. The predicted molar refractivity (Wildman–Crippen MR) is 89.0 cm³/mol. The molecule has 0 bridgehead atoms. The summed E-state index contributed by atoms with van der Waals surface area (Å²) < 4.78 is 28.8. The summed E-state index contributed by atoms with van der Waals surface area (Å²) in [6.07, 6.45) is 9.87. The average Bonchev–Trinajstić information content (AvgIpc) is 2.56. The van der Waals surface area contributed by atoms with Crippen LogP contribution in [0.5, 0.6) is 5.75 Å². The van der Waals surface area contributed by atoms with E-state index in [1.54, 1.807) is 30.5 Å². The number of aromatic nitrogens is 1. The molecule has 0 N–H and O–H groups in total. The minimum atomic E-state index is -3.19. The second-order valence-corrected chi connectivity index (χ2v) is 7.43. The highest BCUT2D eigenvalue weighted by Gasteiger charge is 2.14. The summed E-state index contributed by atoms with van der Waals surface area (Å²) in [7, 11) is -3.19. The molecule has 1 aliphatic carbocycles. The number of nitrogens with zero attached hydrogens (tertiary/aromatic N) is 1. The first-order chi connectivity index (χ1) is 11.0. The molecule has 2 aromatic rings. The Labute approximate surface area is 136 Å². The maximum Gasteiger partial charge on any atom is 0.175 e. The van der Waals surface area contributed by atoms with E-state index < -0.39 is 9.84 Å². The third-order valence-electron chi connectivity index (χ3n) is 3.59. The third kappa shape index (κ3) is 3.87. The van der Waals surface area contributed by atoms with E-state index in [4.69, 9.17) is 4.74 Å². The fourth-order valence-corrected chi connectivity index (χ4v) is 3.04. The second-order valence-electron chi connectivity index (χ2n) is 5.41.